The second kappa shape index (κ2) is 6.41. The molecule has 0 bridgehead atoms. The van der Waals surface area contributed by atoms with E-state index < -0.39 is 5.54 Å². The number of hydrogen-bond acceptors (Lipinski definition) is 2. The molecule has 0 atom stereocenters. The number of halogens is 2. The fourth-order valence-electron chi connectivity index (χ4n) is 1.63. The van der Waals surface area contributed by atoms with Crippen molar-refractivity contribution >= 4 is 29.1 Å². The third kappa shape index (κ3) is 4.48. The molecular weight excluding hydrogens is 273 g/mol. The van der Waals surface area contributed by atoms with Crippen LogP contribution < -0.4 is 5.32 Å². The highest BCUT2D eigenvalue weighted by Crippen LogP contribution is 2.24. The molecule has 0 heterocycles. The molecule has 0 unspecified atom stereocenters. The van der Waals surface area contributed by atoms with Gasteiger partial charge in [0.15, 0.2) is 0 Å². The fourth-order valence-corrected chi connectivity index (χ4v) is 2.16. The van der Waals surface area contributed by atoms with E-state index in [2.05, 4.69) is 5.32 Å². The van der Waals surface area contributed by atoms with Gasteiger partial charge in [-0.15, -0.1) is 0 Å². The summed E-state index contributed by atoms with van der Waals surface area (Å²) in [4.78, 5) is 11.9. The van der Waals surface area contributed by atoms with E-state index in [4.69, 9.17) is 28.3 Å². The van der Waals surface area contributed by atoms with Crippen LogP contribution in [0.25, 0.3) is 0 Å². The average molecular weight is 290 g/mol. The highest BCUT2D eigenvalue weighted by molar-refractivity contribution is 6.36. The Morgan fingerprint density at radius 2 is 1.89 bits per heavy atom. The lowest BCUT2D eigenvalue weighted by Crippen LogP contribution is -2.44. The maximum absolute atomic E-state index is 11.9. The molecule has 2 N–H and O–H groups in total. The number of amides is 1. The minimum Gasteiger partial charge on any atom is -0.396 e. The van der Waals surface area contributed by atoms with Crippen molar-refractivity contribution in [2.75, 3.05) is 6.61 Å². The van der Waals surface area contributed by atoms with Gasteiger partial charge in [-0.1, -0.05) is 29.3 Å². The number of carbonyl (C=O) groups excluding carboxylic acids is 1. The Morgan fingerprint density at radius 3 is 2.39 bits per heavy atom. The number of aliphatic hydroxyl groups is 1. The van der Waals surface area contributed by atoms with Gasteiger partial charge in [0.05, 0.1) is 6.42 Å². The Hall–Kier alpha value is -0.770. The van der Waals surface area contributed by atoms with Crippen LogP contribution in [-0.4, -0.2) is 23.2 Å². The topological polar surface area (TPSA) is 49.3 Å². The number of aliphatic hydroxyl groups excluding tert-OH is 1. The normalized spacial score (nSPS) is 11.4. The molecular formula is C13H17Cl2NO2. The Labute approximate surface area is 117 Å². The van der Waals surface area contributed by atoms with E-state index >= 15 is 0 Å². The summed E-state index contributed by atoms with van der Waals surface area (Å²) in [6, 6.07) is 5.14. The van der Waals surface area contributed by atoms with E-state index in [0.29, 0.717) is 22.0 Å². The molecule has 0 aliphatic rings. The molecule has 1 amide bonds. The molecule has 0 spiro atoms. The summed E-state index contributed by atoms with van der Waals surface area (Å²) in [5.41, 5.74) is 0.178. The maximum Gasteiger partial charge on any atom is 0.224 e. The van der Waals surface area contributed by atoms with Crippen LogP contribution >= 0.6 is 23.2 Å². The number of carbonyl (C=O) groups is 1. The van der Waals surface area contributed by atoms with Crippen LogP contribution in [0.5, 0.6) is 0 Å². The summed E-state index contributed by atoms with van der Waals surface area (Å²) in [5, 5.41) is 12.7. The van der Waals surface area contributed by atoms with Crippen LogP contribution in [0.15, 0.2) is 18.2 Å². The molecule has 0 fully saturated rings. The van der Waals surface area contributed by atoms with Gasteiger partial charge in [-0.2, -0.15) is 0 Å². The predicted molar refractivity (Wildman–Crippen MR) is 74.1 cm³/mol. The molecule has 0 saturated carbocycles. The van der Waals surface area contributed by atoms with Crippen molar-refractivity contribution in [3.8, 4) is 0 Å². The van der Waals surface area contributed by atoms with E-state index in [-0.39, 0.29) is 18.9 Å². The molecule has 3 nitrogen and oxygen atoms in total. The van der Waals surface area contributed by atoms with Crippen LogP contribution in [0.2, 0.25) is 10.0 Å². The van der Waals surface area contributed by atoms with Crippen molar-refractivity contribution in [3.63, 3.8) is 0 Å². The quantitative estimate of drug-likeness (QED) is 0.876. The summed E-state index contributed by atoms with van der Waals surface area (Å²) < 4.78 is 0. The summed E-state index contributed by atoms with van der Waals surface area (Å²) in [6.45, 7) is 3.74. The molecule has 1 rings (SSSR count). The summed E-state index contributed by atoms with van der Waals surface area (Å²) in [5.74, 6) is -0.163. The summed E-state index contributed by atoms with van der Waals surface area (Å²) >= 11 is 12.0. The molecule has 0 radical (unpaired) electrons. The number of benzene rings is 1. The largest absolute Gasteiger partial charge is 0.396 e. The van der Waals surface area contributed by atoms with E-state index in [0.717, 1.165) is 0 Å². The zero-order valence-corrected chi connectivity index (χ0v) is 12.0. The first-order chi connectivity index (χ1) is 8.35. The van der Waals surface area contributed by atoms with Gasteiger partial charge in [0.2, 0.25) is 5.91 Å². The lowest BCUT2D eigenvalue weighted by molar-refractivity contribution is -0.122. The highest BCUT2D eigenvalue weighted by Gasteiger charge is 2.20. The average Bonchev–Trinajstić information content (AvgIpc) is 2.22. The number of rotatable bonds is 5. The van der Waals surface area contributed by atoms with Crippen molar-refractivity contribution in [2.45, 2.75) is 32.2 Å². The van der Waals surface area contributed by atoms with Gasteiger partial charge < -0.3 is 10.4 Å². The molecule has 1 aromatic carbocycles. The molecule has 0 aliphatic heterocycles. The van der Waals surface area contributed by atoms with E-state index in [1.165, 1.54) is 0 Å². The van der Waals surface area contributed by atoms with Gasteiger partial charge in [0.25, 0.3) is 0 Å². The minimum atomic E-state index is -0.445. The van der Waals surface area contributed by atoms with Crippen molar-refractivity contribution in [3.05, 3.63) is 33.8 Å². The third-order valence-corrected chi connectivity index (χ3v) is 3.32. The lowest BCUT2D eigenvalue weighted by Gasteiger charge is -2.25. The third-order valence-electron chi connectivity index (χ3n) is 2.61. The Balaban J connectivity index is 2.71. The minimum absolute atomic E-state index is 0.0279. The van der Waals surface area contributed by atoms with Gasteiger partial charge in [0, 0.05) is 22.2 Å². The molecule has 1 aromatic rings. The summed E-state index contributed by atoms with van der Waals surface area (Å²) in [6.07, 6.45) is 0.627. The zero-order chi connectivity index (χ0) is 13.8. The Bertz CT molecular complexity index is 413. The van der Waals surface area contributed by atoms with Crippen molar-refractivity contribution in [1.82, 2.24) is 5.32 Å². The van der Waals surface area contributed by atoms with Crippen LogP contribution in [-0.2, 0) is 11.2 Å². The van der Waals surface area contributed by atoms with E-state index in [9.17, 15) is 4.79 Å². The fraction of sp³-hybridized carbons (Fsp3) is 0.462. The first-order valence-electron chi connectivity index (χ1n) is 5.70. The molecule has 100 valence electrons. The monoisotopic (exact) mass is 289 g/mol. The molecule has 0 aromatic heterocycles. The number of nitrogens with one attached hydrogen (secondary N) is 1. The van der Waals surface area contributed by atoms with Gasteiger partial charge in [-0.25, -0.2) is 0 Å². The molecule has 5 heteroatoms. The van der Waals surface area contributed by atoms with Crippen LogP contribution in [0.1, 0.15) is 25.8 Å². The highest BCUT2D eigenvalue weighted by atomic mass is 35.5. The SMILES string of the molecule is CC(C)(CCO)NC(=O)Cc1c(Cl)cccc1Cl. The van der Waals surface area contributed by atoms with Crippen LogP contribution in [0, 0.1) is 0 Å². The predicted octanol–water partition coefficient (Wildman–Crippen LogP) is 2.81. The maximum atomic E-state index is 11.9. The van der Waals surface area contributed by atoms with Gasteiger partial charge >= 0.3 is 0 Å². The molecule has 0 aliphatic carbocycles. The number of hydrogen-bond donors (Lipinski definition) is 2. The molecule has 18 heavy (non-hydrogen) atoms. The standard InChI is InChI=1S/C13H17Cl2NO2/c1-13(2,6-7-17)16-12(18)8-9-10(14)4-3-5-11(9)15/h3-5,17H,6-8H2,1-2H3,(H,16,18). The Kier molecular flexibility index (Phi) is 5.45. The summed E-state index contributed by atoms with van der Waals surface area (Å²) in [7, 11) is 0. The first-order valence-corrected chi connectivity index (χ1v) is 6.46. The van der Waals surface area contributed by atoms with Gasteiger partial charge in [-0.05, 0) is 38.0 Å². The van der Waals surface area contributed by atoms with Crippen molar-refractivity contribution < 1.29 is 9.90 Å². The second-order valence-corrected chi connectivity index (χ2v) is 5.60. The first kappa shape index (κ1) is 15.3. The van der Waals surface area contributed by atoms with Gasteiger partial charge in [0.1, 0.15) is 0 Å². The van der Waals surface area contributed by atoms with E-state index in [1.54, 1.807) is 18.2 Å². The smallest absolute Gasteiger partial charge is 0.224 e. The zero-order valence-electron chi connectivity index (χ0n) is 10.5. The van der Waals surface area contributed by atoms with Crippen LogP contribution in [0.3, 0.4) is 0 Å². The van der Waals surface area contributed by atoms with Crippen LogP contribution in [0.4, 0.5) is 0 Å². The Morgan fingerprint density at radius 1 is 1.33 bits per heavy atom. The molecule has 0 saturated heterocycles. The lowest BCUT2D eigenvalue weighted by atomic mass is 10.0. The second-order valence-electron chi connectivity index (χ2n) is 4.78. The van der Waals surface area contributed by atoms with E-state index in [1.807, 2.05) is 13.8 Å². The van der Waals surface area contributed by atoms with Gasteiger partial charge in [-0.3, -0.25) is 4.79 Å². The van der Waals surface area contributed by atoms with Crippen molar-refractivity contribution in [2.24, 2.45) is 0 Å². The van der Waals surface area contributed by atoms with Crippen molar-refractivity contribution in [1.29, 1.82) is 0 Å².